The van der Waals surface area contributed by atoms with Crippen LogP contribution in [0.3, 0.4) is 0 Å². The van der Waals surface area contributed by atoms with Crippen molar-refractivity contribution in [1.82, 2.24) is 15.3 Å². The number of hydrogen-bond acceptors (Lipinski definition) is 3. The smallest absolute Gasteiger partial charge is 0.253 e. The van der Waals surface area contributed by atoms with Gasteiger partial charge in [0.25, 0.3) is 5.91 Å². The first kappa shape index (κ1) is 12.8. The molecule has 0 saturated heterocycles. The summed E-state index contributed by atoms with van der Waals surface area (Å²) in [4.78, 5) is 20.7. The van der Waals surface area contributed by atoms with Crippen LogP contribution in [0.2, 0.25) is 0 Å². The van der Waals surface area contributed by atoms with E-state index in [1.165, 1.54) is 11.1 Å². The molecule has 0 fully saturated rings. The molecule has 0 saturated carbocycles. The van der Waals surface area contributed by atoms with Crippen molar-refractivity contribution < 1.29 is 4.79 Å². The van der Waals surface area contributed by atoms with Crippen LogP contribution in [0.25, 0.3) is 0 Å². The van der Waals surface area contributed by atoms with Crippen LogP contribution in [-0.2, 0) is 6.42 Å². The van der Waals surface area contributed by atoms with Crippen LogP contribution < -0.4 is 5.32 Å². The van der Waals surface area contributed by atoms with Crippen molar-refractivity contribution in [3.63, 3.8) is 0 Å². The van der Waals surface area contributed by atoms with Crippen LogP contribution in [-0.4, -0.2) is 15.9 Å². The number of pyridine rings is 2. The molecule has 0 aromatic carbocycles. The molecule has 0 aliphatic heterocycles. The Morgan fingerprint density at radius 1 is 1.40 bits per heavy atom. The number of aromatic nitrogens is 2. The summed E-state index contributed by atoms with van der Waals surface area (Å²) in [6, 6.07) is 5.72. The third kappa shape index (κ3) is 2.54. The van der Waals surface area contributed by atoms with Gasteiger partial charge in [-0.15, -0.1) is 0 Å². The molecule has 1 atom stereocenters. The molecule has 1 amide bonds. The number of carbonyl (C=O) groups is 1. The maximum Gasteiger partial charge on any atom is 0.253 e. The molecule has 20 heavy (non-hydrogen) atoms. The zero-order valence-corrected chi connectivity index (χ0v) is 11.5. The Labute approximate surface area is 118 Å². The number of carbonyl (C=O) groups excluding carboxylic acids is 1. The summed E-state index contributed by atoms with van der Waals surface area (Å²) in [5, 5.41) is 3.07. The van der Waals surface area contributed by atoms with Crippen LogP contribution >= 0.6 is 0 Å². The van der Waals surface area contributed by atoms with Gasteiger partial charge in [-0.1, -0.05) is 6.07 Å². The number of aryl methyl sites for hydroxylation is 2. The predicted octanol–water partition coefficient (Wildman–Crippen LogP) is 2.59. The van der Waals surface area contributed by atoms with Gasteiger partial charge in [0.05, 0.1) is 17.3 Å². The van der Waals surface area contributed by atoms with E-state index in [2.05, 4.69) is 21.4 Å². The van der Waals surface area contributed by atoms with Gasteiger partial charge in [0, 0.05) is 18.6 Å². The largest absolute Gasteiger partial charge is 0.344 e. The van der Waals surface area contributed by atoms with Crippen molar-refractivity contribution >= 4 is 5.91 Å². The lowest BCUT2D eigenvalue weighted by Crippen LogP contribution is -2.31. The minimum Gasteiger partial charge on any atom is -0.344 e. The maximum atomic E-state index is 12.2. The van der Waals surface area contributed by atoms with Crippen molar-refractivity contribution in [2.24, 2.45) is 0 Å². The Kier molecular flexibility index (Phi) is 3.46. The molecule has 1 aliphatic rings. The second-order valence-electron chi connectivity index (χ2n) is 5.22. The lowest BCUT2D eigenvalue weighted by atomic mass is 9.91. The van der Waals surface area contributed by atoms with E-state index in [0.717, 1.165) is 25.0 Å². The van der Waals surface area contributed by atoms with Gasteiger partial charge in [-0.25, -0.2) is 0 Å². The molecule has 0 spiro atoms. The molecule has 4 nitrogen and oxygen atoms in total. The van der Waals surface area contributed by atoms with E-state index in [0.29, 0.717) is 5.56 Å². The maximum absolute atomic E-state index is 12.2. The van der Waals surface area contributed by atoms with Gasteiger partial charge < -0.3 is 5.32 Å². The molecule has 1 unspecified atom stereocenters. The fourth-order valence-corrected chi connectivity index (χ4v) is 2.67. The Bertz CT molecular complexity index is 625. The van der Waals surface area contributed by atoms with Crippen molar-refractivity contribution in [2.45, 2.75) is 32.2 Å². The predicted molar refractivity (Wildman–Crippen MR) is 76.4 cm³/mol. The monoisotopic (exact) mass is 267 g/mol. The second-order valence-corrected chi connectivity index (χ2v) is 5.22. The summed E-state index contributed by atoms with van der Waals surface area (Å²) in [7, 11) is 0. The van der Waals surface area contributed by atoms with Crippen molar-refractivity contribution in [1.29, 1.82) is 0 Å². The van der Waals surface area contributed by atoms with Crippen LogP contribution in [0.4, 0.5) is 0 Å². The summed E-state index contributed by atoms with van der Waals surface area (Å²) in [6.07, 6.45) is 8.18. The van der Waals surface area contributed by atoms with E-state index in [1.807, 2.05) is 13.1 Å². The Hall–Kier alpha value is -2.23. The highest BCUT2D eigenvalue weighted by Gasteiger charge is 2.23. The lowest BCUT2D eigenvalue weighted by Gasteiger charge is -2.25. The third-order valence-electron chi connectivity index (χ3n) is 3.64. The lowest BCUT2D eigenvalue weighted by molar-refractivity contribution is 0.0931. The molecule has 4 heteroatoms. The number of amides is 1. The summed E-state index contributed by atoms with van der Waals surface area (Å²) < 4.78 is 0. The fraction of sp³-hybridized carbons (Fsp3) is 0.312. The normalized spacial score (nSPS) is 17.4. The molecule has 0 bridgehead atoms. The highest BCUT2D eigenvalue weighted by atomic mass is 16.1. The number of nitrogens with one attached hydrogen (secondary N) is 1. The van der Waals surface area contributed by atoms with Gasteiger partial charge in [-0.2, -0.15) is 0 Å². The van der Waals surface area contributed by atoms with Gasteiger partial charge in [-0.3, -0.25) is 14.8 Å². The molecule has 1 aliphatic carbocycles. The molecule has 2 aromatic rings. The third-order valence-corrected chi connectivity index (χ3v) is 3.64. The number of hydrogen-bond donors (Lipinski definition) is 1. The average Bonchev–Trinajstić information content (AvgIpc) is 2.48. The number of nitrogens with zero attached hydrogens (tertiary/aromatic N) is 2. The molecule has 0 radical (unpaired) electrons. The average molecular weight is 267 g/mol. The molecule has 2 heterocycles. The summed E-state index contributed by atoms with van der Waals surface area (Å²) >= 11 is 0. The highest BCUT2D eigenvalue weighted by Crippen LogP contribution is 2.28. The topological polar surface area (TPSA) is 54.9 Å². The van der Waals surface area contributed by atoms with E-state index < -0.39 is 0 Å². The van der Waals surface area contributed by atoms with E-state index in [-0.39, 0.29) is 11.9 Å². The first-order chi connectivity index (χ1) is 9.74. The van der Waals surface area contributed by atoms with Crippen molar-refractivity contribution in [3.05, 3.63) is 59.2 Å². The van der Waals surface area contributed by atoms with Gasteiger partial charge in [0.1, 0.15) is 0 Å². The first-order valence-electron chi connectivity index (χ1n) is 6.90. The Morgan fingerprint density at radius 3 is 3.10 bits per heavy atom. The number of fused-ring (bicyclic) bond motifs is 1. The van der Waals surface area contributed by atoms with E-state index >= 15 is 0 Å². The Morgan fingerprint density at radius 2 is 2.30 bits per heavy atom. The van der Waals surface area contributed by atoms with Gasteiger partial charge in [-0.05, 0) is 49.4 Å². The van der Waals surface area contributed by atoms with Gasteiger partial charge in [0.2, 0.25) is 0 Å². The second kappa shape index (κ2) is 5.41. The van der Waals surface area contributed by atoms with E-state index in [1.54, 1.807) is 24.5 Å². The molecule has 2 aromatic heterocycles. The standard InChI is InChI=1S/C16H17N3O/c1-11-8-12-4-2-6-14(15(12)18-9-11)19-16(20)13-5-3-7-17-10-13/h3,5,7-10,14H,2,4,6H2,1H3,(H,19,20). The quantitative estimate of drug-likeness (QED) is 0.910. The minimum absolute atomic E-state index is 0.00653. The van der Waals surface area contributed by atoms with Crippen LogP contribution in [0.15, 0.2) is 36.8 Å². The SMILES string of the molecule is Cc1cnc2c(c1)CCCC2NC(=O)c1cccnc1. The van der Waals surface area contributed by atoms with Crippen LogP contribution in [0.1, 0.15) is 46.1 Å². The zero-order valence-electron chi connectivity index (χ0n) is 11.5. The van der Waals surface area contributed by atoms with Gasteiger partial charge >= 0.3 is 0 Å². The van der Waals surface area contributed by atoms with Crippen molar-refractivity contribution in [2.75, 3.05) is 0 Å². The summed E-state index contributed by atoms with van der Waals surface area (Å²) in [5.41, 5.74) is 4.03. The van der Waals surface area contributed by atoms with Crippen LogP contribution in [0, 0.1) is 6.92 Å². The highest BCUT2D eigenvalue weighted by molar-refractivity contribution is 5.94. The van der Waals surface area contributed by atoms with E-state index in [9.17, 15) is 4.79 Å². The molecule has 1 N–H and O–H groups in total. The van der Waals surface area contributed by atoms with Gasteiger partial charge in [0.15, 0.2) is 0 Å². The first-order valence-corrected chi connectivity index (χ1v) is 6.90. The minimum atomic E-state index is -0.0849. The summed E-state index contributed by atoms with van der Waals surface area (Å²) in [6.45, 7) is 2.05. The van der Waals surface area contributed by atoms with Crippen molar-refractivity contribution in [3.8, 4) is 0 Å². The summed E-state index contributed by atoms with van der Waals surface area (Å²) in [5.74, 6) is -0.0849. The van der Waals surface area contributed by atoms with E-state index in [4.69, 9.17) is 0 Å². The number of rotatable bonds is 2. The Balaban J connectivity index is 1.81. The molecule has 102 valence electrons. The van der Waals surface area contributed by atoms with Crippen LogP contribution in [0.5, 0.6) is 0 Å². The zero-order chi connectivity index (χ0) is 13.9. The fourth-order valence-electron chi connectivity index (χ4n) is 2.67. The molecular weight excluding hydrogens is 250 g/mol. The molecular formula is C16H17N3O. The molecule has 3 rings (SSSR count).